The summed E-state index contributed by atoms with van der Waals surface area (Å²) in [4.78, 5) is 0. The first kappa shape index (κ1) is 11.1. The lowest BCUT2D eigenvalue weighted by Gasteiger charge is -2.01. The number of hydrogen-bond acceptors (Lipinski definition) is 3. The highest BCUT2D eigenvalue weighted by molar-refractivity contribution is 7.84. The molecular weight excluding hydrogens is 209 g/mol. The average Bonchev–Trinajstić information content (AvgIpc) is 2.06. The van der Waals surface area contributed by atoms with E-state index < -0.39 is 10.3 Å². The van der Waals surface area contributed by atoms with Crippen molar-refractivity contribution >= 4 is 10.3 Å². The van der Waals surface area contributed by atoms with Crippen LogP contribution < -0.4 is 5.14 Å². The number of rotatable bonds is 4. The van der Waals surface area contributed by atoms with Gasteiger partial charge in [-0.25, -0.2) is 9.53 Å². The molecular formula is C8H10FNO3S. The Bertz CT molecular complexity index is 388. The van der Waals surface area contributed by atoms with Gasteiger partial charge < -0.3 is 0 Å². The summed E-state index contributed by atoms with van der Waals surface area (Å²) in [6, 6.07) is 5.71. The van der Waals surface area contributed by atoms with E-state index in [9.17, 15) is 12.8 Å². The van der Waals surface area contributed by atoms with Gasteiger partial charge in [0.25, 0.3) is 0 Å². The zero-order chi connectivity index (χ0) is 10.6. The van der Waals surface area contributed by atoms with Gasteiger partial charge in [0.1, 0.15) is 5.82 Å². The van der Waals surface area contributed by atoms with Crippen molar-refractivity contribution in [1.82, 2.24) is 0 Å². The Labute approximate surface area is 81.8 Å². The lowest BCUT2D eigenvalue weighted by molar-refractivity contribution is 0.322. The topological polar surface area (TPSA) is 69.4 Å². The maximum atomic E-state index is 12.5. The molecule has 0 bridgehead atoms. The fourth-order valence-electron chi connectivity index (χ4n) is 0.927. The van der Waals surface area contributed by atoms with Crippen molar-refractivity contribution in [2.45, 2.75) is 6.42 Å². The van der Waals surface area contributed by atoms with Crippen LogP contribution in [0.1, 0.15) is 5.56 Å². The summed E-state index contributed by atoms with van der Waals surface area (Å²) < 4.78 is 37.5. The minimum absolute atomic E-state index is 0.0372. The fourth-order valence-corrected chi connectivity index (χ4v) is 1.24. The van der Waals surface area contributed by atoms with Gasteiger partial charge in [-0.2, -0.15) is 8.42 Å². The van der Waals surface area contributed by atoms with E-state index in [-0.39, 0.29) is 12.4 Å². The van der Waals surface area contributed by atoms with Crippen molar-refractivity contribution in [2.75, 3.05) is 6.61 Å². The standard InChI is InChI=1S/C8H10FNO3S/c9-8-3-1-7(2-4-8)5-6-13-14(10,11)12/h1-4H,5-6H2,(H2,10,11,12). The lowest BCUT2D eigenvalue weighted by atomic mass is 10.2. The molecule has 78 valence electrons. The van der Waals surface area contributed by atoms with Crippen LogP contribution in [-0.4, -0.2) is 15.0 Å². The number of hydrogen-bond donors (Lipinski definition) is 1. The zero-order valence-electron chi connectivity index (χ0n) is 7.31. The van der Waals surface area contributed by atoms with Crippen LogP contribution in [0, 0.1) is 5.82 Å². The minimum Gasteiger partial charge on any atom is -0.258 e. The Morgan fingerprint density at radius 2 is 1.86 bits per heavy atom. The maximum absolute atomic E-state index is 12.5. The van der Waals surface area contributed by atoms with Gasteiger partial charge in [-0.3, -0.25) is 4.18 Å². The van der Waals surface area contributed by atoms with Crippen LogP contribution in [0.25, 0.3) is 0 Å². The predicted molar refractivity (Wildman–Crippen MR) is 49.2 cm³/mol. The molecule has 0 spiro atoms. The third-order valence-corrected chi connectivity index (χ3v) is 2.05. The van der Waals surface area contributed by atoms with Gasteiger partial charge in [0.2, 0.25) is 0 Å². The molecule has 0 atom stereocenters. The van der Waals surface area contributed by atoms with Crippen LogP contribution in [0.4, 0.5) is 4.39 Å². The molecule has 0 amide bonds. The van der Waals surface area contributed by atoms with Crippen molar-refractivity contribution in [3.63, 3.8) is 0 Å². The highest BCUT2D eigenvalue weighted by atomic mass is 32.2. The van der Waals surface area contributed by atoms with Gasteiger partial charge in [-0.1, -0.05) is 12.1 Å². The van der Waals surface area contributed by atoms with E-state index in [1.807, 2.05) is 0 Å². The molecule has 0 saturated carbocycles. The predicted octanol–water partition coefficient (Wildman–Crippen LogP) is 0.588. The smallest absolute Gasteiger partial charge is 0.258 e. The van der Waals surface area contributed by atoms with Crippen LogP contribution >= 0.6 is 0 Å². The molecule has 1 aromatic rings. The van der Waals surface area contributed by atoms with Gasteiger partial charge in [0.15, 0.2) is 0 Å². The van der Waals surface area contributed by atoms with E-state index >= 15 is 0 Å². The highest BCUT2D eigenvalue weighted by Gasteiger charge is 2.01. The molecule has 14 heavy (non-hydrogen) atoms. The molecule has 6 heteroatoms. The molecule has 0 heterocycles. The third-order valence-electron chi connectivity index (χ3n) is 1.55. The second-order valence-corrected chi connectivity index (χ2v) is 3.91. The maximum Gasteiger partial charge on any atom is 0.333 e. The normalized spacial score (nSPS) is 11.6. The second-order valence-electron chi connectivity index (χ2n) is 2.69. The van der Waals surface area contributed by atoms with E-state index in [4.69, 9.17) is 0 Å². The van der Waals surface area contributed by atoms with Crippen LogP contribution in [0.2, 0.25) is 0 Å². The Kier molecular flexibility index (Phi) is 3.56. The molecule has 0 fully saturated rings. The quantitative estimate of drug-likeness (QED) is 0.805. The molecule has 2 N–H and O–H groups in total. The summed E-state index contributed by atoms with van der Waals surface area (Å²) >= 11 is 0. The van der Waals surface area contributed by atoms with Crippen molar-refractivity contribution in [1.29, 1.82) is 0 Å². The first-order valence-corrected chi connectivity index (χ1v) is 5.36. The Morgan fingerprint density at radius 1 is 1.29 bits per heavy atom. The van der Waals surface area contributed by atoms with E-state index in [0.717, 1.165) is 5.56 Å². The SMILES string of the molecule is NS(=O)(=O)OCCc1ccc(F)cc1. The number of benzene rings is 1. The van der Waals surface area contributed by atoms with Gasteiger partial charge in [0.05, 0.1) is 6.61 Å². The van der Waals surface area contributed by atoms with Crippen LogP contribution in [0.15, 0.2) is 24.3 Å². The summed E-state index contributed by atoms with van der Waals surface area (Å²) in [6.45, 7) is -0.0372. The molecule has 0 aliphatic rings. The van der Waals surface area contributed by atoms with Gasteiger partial charge in [0, 0.05) is 0 Å². The molecule has 0 saturated heterocycles. The monoisotopic (exact) mass is 219 g/mol. The molecule has 1 rings (SSSR count). The van der Waals surface area contributed by atoms with E-state index in [1.54, 1.807) is 12.1 Å². The Balaban J connectivity index is 2.43. The van der Waals surface area contributed by atoms with Gasteiger partial charge in [-0.05, 0) is 24.1 Å². The van der Waals surface area contributed by atoms with Gasteiger partial charge >= 0.3 is 10.3 Å². The van der Waals surface area contributed by atoms with Crippen LogP contribution in [0.5, 0.6) is 0 Å². The average molecular weight is 219 g/mol. The molecule has 1 aromatic carbocycles. The molecule has 0 radical (unpaired) electrons. The van der Waals surface area contributed by atoms with Crippen LogP contribution in [0.3, 0.4) is 0 Å². The fraction of sp³-hybridized carbons (Fsp3) is 0.250. The summed E-state index contributed by atoms with van der Waals surface area (Å²) in [5.41, 5.74) is 0.787. The highest BCUT2D eigenvalue weighted by Crippen LogP contribution is 2.03. The lowest BCUT2D eigenvalue weighted by Crippen LogP contribution is -2.17. The zero-order valence-corrected chi connectivity index (χ0v) is 8.13. The largest absolute Gasteiger partial charge is 0.333 e. The molecule has 0 unspecified atom stereocenters. The van der Waals surface area contributed by atoms with E-state index in [0.29, 0.717) is 6.42 Å². The van der Waals surface area contributed by atoms with E-state index in [2.05, 4.69) is 9.32 Å². The molecule has 4 nitrogen and oxygen atoms in total. The number of halogens is 1. The number of nitrogens with two attached hydrogens (primary N) is 1. The first-order valence-electron chi connectivity index (χ1n) is 3.89. The van der Waals surface area contributed by atoms with Crippen molar-refractivity contribution < 1.29 is 17.0 Å². The summed E-state index contributed by atoms with van der Waals surface area (Å²) in [6.07, 6.45) is 0.372. The molecule has 0 aliphatic carbocycles. The summed E-state index contributed by atoms with van der Waals surface area (Å²) in [5.74, 6) is -0.332. The third kappa shape index (κ3) is 4.31. The molecule has 0 aromatic heterocycles. The van der Waals surface area contributed by atoms with Crippen molar-refractivity contribution in [3.8, 4) is 0 Å². The first-order chi connectivity index (χ1) is 6.47. The Hall–Kier alpha value is -0.980. The molecule has 0 aliphatic heterocycles. The van der Waals surface area contributed by atoms with Crippen molar-refractivity contribution in [3.05, 3.63) is 35.6 Å². The van der Waals surface area contributed by atoms with Gasteiger partial charge in [-0.15, -0.1) is 0 Å². The Morgan fingerprint density at radius 3 is 2.36 bits per heavy atom. The van der Waals surface area contributed by atoms with Crippen LogP contribution in [-0.2, 0) is 20.9 Å². The van der Waals surface area contributed by atoms with Crippen molar-refractivity contribution in [2.24, 2.45) is 5.14 Å². The second kappa shape index (κ2) is 4.50. The summed E-state index contributed by atoms with van der Waals surface area (Å²) in [7, 11) is -3.88. The summed E-state index contributed by atoms with van der Waals surface area (Å²) in [5, 5.41) is 4.61. The van der Waals surface area contributed by atoms with E-state index in [1.165, 1.54) is 12.1 Å². The minimum atomic E-state index is -3.88.